The minimum Gasteiger partial charge on any atom is -0.399 e. The van der Waals surface area contributed by atoms with E-state index in [-0.39, 0.29) is 5.91 Å². The van der Waals surface area contributed by atoms with Gasteiger partial charge >= 0.3 is 0 Å². The number of fused-ring (bicyclic) bond motifs is 1. The Hall–Kier alpha value is -3.74. The lowest BCUT2D eigenvalue weighted by molar-refractivity contribution is 0.102. The molecule has 7 nitrogen and oxygen atoms in total. The second-order valence-electron chi connectivity index (χ2n) is 5.88. The van der Waals surface area contributed by atoms with Crippen LogP contribution in [0.15, 0.2) is 67.4 Å². The van der Waals surface area contributed by atoms with E-state index in [1.807, 2.05) is 16.7 Å². The van der Waals surface area contributed by atoms with Crippen LogP contribution in [0.1, 0.15) is 15.9 Å². The molecule has 0 aliphatic heterocycles. The number of nitrogens with two attached hydrogens (primary N) is 1. The van der Waals surface area contributed by atoms with Gasteiger partial charge < -0.3 is 15.6 Å². The predicted molar refractivity (Wildman–Crippen MR) is 99.7 cm³/mol. The monoisotopic (exact) mass is 344 g/mol. The Bertz CT molecular complexity index is 1070. The summed E-state index contributed by atoms with van der Waals surface area (Å²) in [6, 6.07) is 12.6. The van der Waals surface area contributed by atoms with Gasteiger partial charge in [0.15, 0.2) is 5.65 Å². The Labute approximate surface area is 149 Å². The standard InChI is InChI=1S/C19H16N6O/c20-15-4-1-5-16(8-15)24-19(26)14-7-17-18(22-10-14)25(12-23-17)11-13-3-2-6-21-9-13/h1-10,12H,11,20H2,(H,24,26). The third-order valence-corrected chi connectivity index (χ3v) is 3.94. The fourth-order valence-electron chi connectivity index (χ4n) is 2.70. The second kappa shape index (κ2) is 6.64. The van der Waals surface area contributed by atoms with Crippen LogP contribution in [0.4, 0.5) is 11.4 Å². The van der Waals surface area contributed by atoms with Crippen LogP contribution in [0.5, 0.6) is 0 Å². The molecule has 0 fully saturated rings. The van der Waals surface area contributed by atoms with Crippen LogP contribution in [0.2, 0.25) is 0 Å². The highest BCUT2D eigenvalue weighted by atomic mass is 16.1. The summed E-state index contributed by atoms with van der Waals surface area (Å²) < 4.78 is 1.92. The molecule has 4 aromatic rings. The van der Waals surface area contributed by atoms with Gasteiger partial charge in [0.1, 0.15) is 5.52 Å². The van der Waals surface area contributed by atoms with E-state index in [0.717, 1.165) is 5.56 Å². The van der Waals surface area contributed by atoms with E-state index in [4.69, 9.17) is 5.73 Å². The Kier molecular flexibility index (Phi) is 4.03. The summed E-state index contributed by atoms with van der Waals surface area (Å²) in [5.41, 5.74) is 9.83. The quantitative estimate of drug-likeness (QED) is 0.555. The number of pyridine rings is 2. The van der Waals surface area contributed by atoms with Crippen LogP contribution in [0.25, 0.3) is 11.2 Å². The Balaban J connectivity index is 1.57. The van der Waals surface area contributed by atoms with Gasteiger partial charge in [-0.2, -0.15) is 0 Å². The summed E-state index contributed by atoms with van der Waals surface area (Å²) in [7, 11) is 0. The number of carbonyl (C=O) groups is 1. The molecular weight excluding hydrogens is 328 g/mol. The molecule has 0 saturated carbocycles. The number of nitrogen functional groups attached to an aromatic ring is 1. The number of nitrogens with one attached hydrogen (secondary N) is 1. The van der Waals surface area contributed by atoms with E-state index in [0.29, 0.717) is 34.6 Å². The van der Waals surface area contributed by atoms with Crippen LogP contribution in [0.3, 0.4) is 0 Å². The summed E-state index contributed by atoms with van der Waals surface area (Å²) in [6.07, 6.45) is 6.80. The van der Waals surface area contributed by atoms with Gasteiger partial charge in [0.25, 0.3) is 5.91 Å². The normalized spacial score (nSPS) is 10.8. The van der Waals surface area contributed by atoms with Gasteiger partial charge in [-0.1, -0.05) is 12.1 Å². The van der Waals surface area contributed by atoms with Crippen molar-refractivity contribution in [1.82, 2.24) is 19.5 Å². The zero-order chi connectivity index (χ0) is 17.9. The molecule has 0 unspecified atom stereocenters. The summed E-state index contributed by atoms with van der Waals surface area (Å²) in [5, 5.41) is 2.81. The summed E-state index contributed by atoms with van der Waals surface area (Å²) in [5.74, 6) is -0.258. The minimum atomic E-state index is -0.258. The molecule has 0 aliphatic rings. The lowest BCUT2D eigenvalue weighted by Gasteiger charge is -2.06. The van der Waals surface area contributed by atoms with E-state index in [9.17, 15) is 4.79 Å². The molecule has 26 heavy (non-hydrogen) atoms. The van der Waals surface area contributed by atoms with E-state index in [2.05, 4.69) is 20.3 Å². The van der Waals surface area contributed by atoms with Crippen LogP contribution in [-0.2, 0) is 6.54 Å². The van der Waals surface area contributed by atoms with Gasteiger partial charge in [-0.05, 0) is 35.9 Å². The molecule has 128 valence electrons. The van der Waals surface area contributed by atoms with E-state index >= 15 is 0 Å². The zero-order valence-corrected chi connectivity index (χ0v) is 13.8. The number of hydrogen-bond donors (Lipinski definition) is 2. The molecule has 0 saturated heterocycles. The van der Waals surface area contributed by atoms with E-state index in [1.54, 1.807) is 55.2 Å². The van der Waals surface area contributed by atoms with Crippen molar-refractivity contribution >= 4 is 28.4 Å². The highest BCUT2D eigenvalue weighted by Crippen LogP contribution is 2.16. The summed E-state index contributed by atoms with van der Waals surface area (Å²) in [6.45, 7) is 0.617. The first-order chi connectivity index (χ1) is 12.7. The first kappa shape index (κ1) is 15.8. The number of carbonyl (C=O) groups excluding carboxylic acids is 1. The maximum absolute atomic E-state index is 12.4. The molecule has 3 heterocycles. The van der Waals surface area contributed by atoms with Crippen LogP contribution >= 0.6 is 0 Å². The maximum Gasteiger partial charge on any atom is 0.257 e. The Morgan fingerprint density at radius 3 is 2.85 bits per heavy atom. The van der Waals surface area contributed by atoms with Crippen LogP contribution < -0.4 is 11.1 Å². The van der Waals surface area contributed by atoms with Crippen molar-refractivity contribution in [3.05, 3.63) is 78.5 Å². The van der Waals surface area contributed by atoms with E-state index < -0.39 is 0 Å². The molecule has 0 spiro atoms. The van der Waals surface area contributed by atoms with Crippen LogP contribution in [-0.4, -0.2) is 25.4 Å². The highest BCUT2D eigenvalue weighted by molar-refractivity contribution is 6.05. The molecule has 3 N–H and O–H groups in total. The average molecular weight is 344 g/mol. The highest BCUT2D eigenvalue weighted by Gasteiger charge is 2.11. The first-order valence-corrected chi connectivity index (χ1v) is 8.06. The van der Waals surface area contributed by atoms with Crippen molar-refractivity contribution in [2.75, 3.05) is 11.1 Å². The molecule has 3 aromatic heterocycles. The number of benzene rings is 1. The topological polar surface area (TPSA) is 98.7 Å². The van der Waals surface area contributed by atoms with Gasteiger partial charge in [0.05, 0.1) is 18.4 Å². The second-order valence-corrected chi connectivity index (χ2v) is 5.88. The predicted octanol–water partition coefficient (Wildman–Crippen LogP) is 2.71. The smallest absolute Gasteiger partial charge is 0.257 e. The molecular formula is C19H16N6O. The summed E-state index contributed by atoms with van der Waals surface area (Å²) >= 11 is 0. The van der Waals surface area contributed by atoms with Crippen molar-refractivity contribution in [2.24, 2.45) is 0 Å². The van der Waals surface area contributed by atoms with Crippen molar-refractivity contribution in [3.63, 3.8) is 0 Å². The molecule has 0 bridgehead atoms. The molecule has 0 aliphatic carbocycles. The van der Waals surface area contributed by atoms with Crippen molar-refractivity contribution in [3.8, 4) is 0 Å². The molecule has 4 rings (SSSR count). The third kappa shape index (κ3) is 3.23. The number of anilines is 2. The average Bonchev–Trinajstić information content (AvgIpc) is 3.05. The fourth-order valence-corrected chi connectivity index (χ4v) is 2.70. The Morgan fingerprint density at radius 2 is 2.04 bits per heavy atom. The lowest BCUT2D eigenvalue weighted by Crippen LogP contribution is -2.12. The van der Waals surface area contributed by atoms with Gasteiger partial charge in [-0.15, -0.1) is 0 Å². The number of imidazole rings is 1. The number of hydrogen-bond acceptors (Lipinski definition) is 5. The number of nitrogens with zero attached hydrogens (tertiary/aromatic N) is 4. The third-order valence-electron chi connectivity index (χ3n) is 3.94. The van der Waals surface area contributed by atoms with Crippen molar-refractivity contribution in [1.29, 1.82) is 0 Å². The summed E-state index contributed by atoms with van der Waals surface area (Å²) in [4.78, 5) is 25.3. The van der Waals surface area contributed by atoms with Gasteiger partial charge in [-0.3, -0.25) is 9.78 Å². The maximum atomic E-state index is 12.4. The van der Waals surface area contributed by atoms with Gasteiger partial charge in [-0.25, -0.2) is 9.97 Å². The SMILES string of the molecule is Nc1cccc(NC(=O)c2cnc3c(c2)ncn3Cc2cccnc2)c1. The van der Waals surface area contributed by atoms with Gasteiger partial charge in [0, 0.05) is 30.0 Å². The Morgan fingerprint density at radius 1 is 1.12 bits per heavy atom. The lowest BCUT2D eigenvalue weighted by atomic mass is 10.2. The van der Waals surface area contributed by atoms with Crippen molar-refractivity contribution in [2.45, 2.75) is 6.54 Å². The van der Waals surface area contributed by atoms with Crippen LogP contribution in [0, 0.1) is 0 Å². The number of aromatic nitrogens is 4. The molecule has 0 radical (unpaired) electrons. The molecule has 7 heteroatoms. The fraction of sp³-hybridized carbons (Fsp3) is 0.0526. The minimum absolute atomic E-state index is 0.258. The van der Waals surface area contributed by atoms with Gasteiger partial charge in [0.2, 0.25) is 0 Å². The number of rotatable bonds is 4. The van der Waals surface area contributed by atoms with E-state index in [1.165, 1.54) is 0 Å². The zero-order valence-electron chi connectivity index (χ0n) is 13.8. The molecule has 1 amide bonds. The largest absolute Gasteiger partial charge is 0.399 e. The molecule has 0 atom stereocenters. The number of amides is 1. The first-order valence-electron chi connectivity index (χ1n) is 8.06. The van der Waals surface area contributed by atoms with Crippen molar-refractivity contribution < 1.29 is 4.79 Å². The molecule has 1 aromatic carbocycles.